The molecule has 0 spiro atoms. The second-order valence-electron chi connectivity index (χ2n) is 4.92. The van der Waals surface area contributed by atoms with Crippen LogP contribution in [0.1, 0.15) is 26.3 Å². The number of nitro benzene ring substituents is 1. The number of carbonyl (C=O) groups excluding carboxylic acids is 2. The molecular formula is C18H12N2O5. The number of nitrogens with zero attached hydrogens (tertiary/aromatic N) is 2. The van der Waals surface area contributed by atoms with Gasteiger partial charge in [0.1, 0.15) is 11.6 Å². The Labute approximate surface area is 142 Å². The van der Waals surface area contributed by atoms with Crippen molar-refractivity contribution in [2.75, 3.05) is 7.11 Å². The first-order valence-electron chi connectivity index (χ1n) is 7.05. The van der Waals surface area contributed by atoms with Gasteiger partial charge in [0, 0.05) is 17.7 Å². The molecule has 124 valence electrons. The molecule has 0 saturated heterocycles. The number of benzene rings is 2. The Bertz CT molecular complexity index is 908. The van der Waals surface area contributed by atoms with Gasteiger partial charge in [-0.25, -0.2) is 4.79 Å². The highest BCUT2D eigenvalue weighted by Gasteiger charge is 2.15. The molecule has 0 unspecified atom stereocenters. The van der Waals surface area contributed by atoms with Gasteiger partial charge in [-0.3, -0.25) is 14.9 Å². The Morgan fingerprint density at radius 2 is 1.84 bits per heavy atom. The van der Waals surface area contributed by atoms with E-state index in [0.29, 0.717) is 11.1 Å². The number of nitriles is 1. The number of esters is 1. The fourth-order valence-corrected chi connectivity index (χ4v) is 2.06. The molecule has 0 saturated carbocycles. The van der Waals surface area contributed by atoms with E-state index >= 15 is 0 Å². The van der Waals surface area contributed by atoms with Gasteiger partial charge >= 0.3 is 5.97 Å². The molecule has 7 nitrogen and oxygen atoms in total. The van der Waals surface area contributed by atoms with Crippen LogP contribution in [-0.4, -0.2) is 23.8 Å². The zero-order valence-corrected chi connectivity index (χ0v) is 13.1. The second-order valence-corrected chi connectivity index (χ2v) is 4.92. The molecule has 0 amide bonds. The predicted octanol–water partition coefficient (Wildman–Crippen LogP) is 3.17. The van der Waals surface area contributed by atoms with E-state index in [1.807, 2.05) is 0 Å². The SMILES string of the molecule is COC(=O)c1ccc(/C=C(\C#N)C(=O)c2cccc([N+](=O)[O-])c2)cc1. The Morgan fingerprint density at radius 3 is 2.40 bits per heavy atom. The minimum atomic E-state index is -0.622. The number of non-ortho nitro benzene ring substituents is 1. The van der Waals surface area contributed by atoms with Crippen molar-refractivity contribution in [3.63, 3.8) is 0 Å². The lowest BCUT2D eigenvalue weighted by Crippen LogP contribution is -2.03. The summed E-state index contributed by atoms with van der Waals surface area (Å²) in [5.41, 5.74) is 0.510. The highest BCUT2D eigenvalue weighted by Crippen LogP contribution is 2.18. The number of carbonyl (C=O) groups is 2. The van der Waals surface area contributed by atoms with Crippen molar-refractivity contribution < 1.29 is 19.2 Å². The quantitative estimate of drug-likeness (QED) is 0.207. The Morgan fingerprint density at radius 1 is 1.16 bits per heavy atom. The molecule has 0 aliphatic carbocycles. The molecule has 0 atom stereocenters. The molecule has 7 heteroatoms. The topological polar surface area (TPSA) is 110 Å². The second kappa shape index (κ2) is 7.66. The molecule has 0 radical (unpaired) electrons. The Kier molecular flexibility index (Phi) is 5.38. The lowest BCUT2D eigenvalue weighted by atomic mass is 10.0. The van der Waals surface area contributed by atoms with Gasteiger partial charge in [0.25, 0.3) is 5.69 Å². The summed E-state index contributed by atoms with van der Waals surface area (Å²) in [5, 5.41) is 20.0. The molecule has 0 aliphatic rings. The fraction of sp³-hybridized carbons (Fsp3) is 0.0556. The predicted molar refractivity (Wildman–Crippen MR) is 88.8 cm³/mol. The van der Waals surface area contributed by atoms with Gasteiger partial charge in [0.05, 0.1) is 17.6 Å². The first kappa shape index (κ1) is 17.6. The van der Waals surface area contributed by atoms with Crippen molar-refractivity contribution in [3.8, 4) is 6.07 Å². The minimum Gasteiger partial charge on any atom is -0.465 e. The maximum atomic E-state index is 12.4. The molecule has 0 heterocycles. The Hall–Kier alpha value is -3.79. The van der Waals surface area contributed by atoms with Gasteiger partial charge < -0.3 is 4.74 Å². The monoisotopic (exact) mass is 336 g/mol. The van der Waals surface area contributed by atoms with Crippen LogP contribution in [0.5, 0.6) is 0 Å². The maximum absolute atomic E-state index is 12.4. The van der Waals surface area contributed by atoms with Gasteiger partial charge in [-0.2, -0.15) is 5.26 Å². The van der Waals surface area contributed by atoms with E-state index in [0.717, 1.165) is 6.07 Å². The van der Waals surface area contributed by atoms with Crippen LogP contribution in [0.15, 0.2) is 54.1 Å². The molecule has 0 fully saturated rings. The lowest BCUT2D eigenvalue weighted by Gasteiger charge is -2.02. The highest BCUT2D eigenvalue weighted by atomic mass is 16.6. The van der Waals surface area contributed by atoms with Crippen LogP contribution in [0.4, 0.5) is 5.69 Å². The number of ether oxygens (including phenoxy) is 1. The third-order valence-electron chi connectivity index (χ3n) is 3.33. The van der Waals surface area contributed by atoms with E-state index in [9.17, 15) is 25.0 Å². The average Bonchev–Trinajstić information content (AvgIpc) is 2.65. The zero-order valence-electron chi connectivity index (χ0n) is 13.1. The van der Waals surface area contributed by atoms with Gasteiger partial charge in [0.15, 0.2) is 0 Å². The maximum Gasteiger partial charge on any atom is 0.337 e. The number of Topliss-reactive ketones (excluding diaryl/α,β-unsaturated/α-hetero) is 1. The summed E-state index contributed by atoms with van der Waals surface area (Å²) < 4.78 is 4.59. The molecular weight excluding hydrogens is 324 g/mol. The van der Waals surface area contributed by atoms with E-state index in [-0.39, 0.29) is 16.8 Å². The number of methoxy groups -OCH3 is 1. The average molecular weight is 336 g/mol. The van der Waals surface area contributed by atoms with Gasteiger partial charge in [0.2, 0.25) is 5.78 Å². The third-order valence-corrected chi connectivity index (χ3v) is 3.33. The molecule has 0 aromatic heterocycles. The van der Waals surface area contributed by atoms with Crippen molar-refractivity contribution in [2.24, 2.45) is 0 Å². The van der Waals surface area contributed by atoms with Crippen LogP contribution in [0.3, 0.4) is 0 Å². The van der Waals surface area contributed by atoms with E-state index < -0.39 is 16.7 Å². The molecule has 25 heavy (non-hydrogen) atoms. The van der Waals surface area contributed by atoms with E-state index in [1.54, 1.807) is 18.2 Å². The smallest absolute Gasteiger partial charge is 0.337 e. The lowest BCUT2D eigenvalue weighted by molar-refractivity contribution is -0.384. The summed E-state index contributed by atoms with van der Waals surface area (Å²) >= 11 is 0. The number of hydrogen-bond donors (Lipinski definition) is 0. The van der Waals surface area contributed by atoms with E-state index in [4.69, 9.17) is 0 Å². The van der Waals surface area contributed by atoms with Gasteiger partial charge in [-0.05, 0) is 23.8 Å². The first-order chi connectivity index (χ1) is 12.0. The van der Waals surface area contributed by atoms with E-state index in [2.05, 4.69) is 4.74 Å². The largest absolute Gasteiger partial charge is 0.465 e. The van der Waals surface area contributed by atoms with Gasteiger partial charge in [-0.1, -0.05) is 24.3 Å². The number of rotatable bonds is 5. The molecule has 0 N–H and O–H groups in total. The molecule has 0 bridgehead atoms. The number of allylic oxidation sites excluding steroid dienone is 1. The van der Waals surface area contributed by atoms with Crippen LogP contribution in [0.2, 0.25) is 0 Å². The summed E-state index contributed by atoms with van der Waals surface area (Å²) in [7, 11) is 1.27. The minimum absolute atomic E-state index is 0.0492. The summed E-state index contributed by atoms with van der Waals surface area (Å²) in [6, 6.07) is 13.1. The van der Waals surface area contributed by atoms with Crippen molar-refractivity contribution in [3.05, 3.63) is 80.9 Å². The molecule has 0 aliphatic heterocycles. The number of ketones is 1. The zero-order chi connectivity index (χ0) is 18.4. The third kappa shape index (κ3) is 4.14. The number of hydrogen-bond acceptors (Lipinski definition) is 6. The van der Waals surface area contributed by atoms with Crippen molar-refractivity contribution in [1.29, 1.82) is 5.26 Å². The summed E-state index contributed by atoms with van der Waals surface area (Å²) in [6.07, 6.45) is 1.35. The van der Waals surface area contributed by atoms with Crippen LogP contribution in [0, 0.1) is 21.4 Å². The molecule has 2 aromatic carbocycles. The Balaban J connectivity index is 2.32. The summed E-state index contributed by atoms with van der Waals surface area (Å²) in [6.45, 7) is 0. The van der Waals surface area contributed by atoms with Crippen molar-refractivity contribution >= 4 is 23.5 Å². The van der Waals surface area contributed by atoms with Crippen LogP contribution in [-0.2, 0) is 4.74 Å². The summed E-state index contributed by atoms with van der Waals surface area (Å²) in [4.78, 5) is 34.0. The van der Waals surface area contributed by atoms with Crippen LogP contribution >= 0.6 is 0 Å². The highest BCUT2D eigenvalue weighted by molar-refractivity contribution is 6.14. The first-order valence-corrected chi connectivity index (χ1v) is 7.05. The van der Waals surface area contributed by atoms with Crippen LogP contribution < -0.4 is 0 Å². The molecule has 2 rings (SSSR count). The molecule has 2 aromatic rings. The van der Waals surface area contributed by atoms with Gasteiger partial charge in [-0.15, -0.1) is 0 Å². The van der Waals surface area contributed by atoms with Crippen molar-refractivity contribution in [2.45, 2.75) is 0 Å². The van der Waals surface area contributed by atoms with Crippen LogP contribution in [0.25, 0.3) is 6.08 Å². The normalized spacial score (nSPS) is 10.6. The van der Waals surface area contributed by atoms with Crippen molar-refractivity contribution in [1.82, 2.24) is 0 Å². The fourth-order valence-electron chi connectivity index (χ4n) is 2.06. The van der Waals surface area contributed by atoms with E-state index in [1.165, 1.54) is 43.5 Å². The standard InChI is InChI=1S/C18H12N2O5/c1-25-18(22)13-7-5-12(6-8-13)9-15(11-19)17(21)14-3-2-4-16(10-14)20(23)24/h2-10H,1H3/b15-9+. The number of nitro groups is 1. The summed E-state index contributed by atoms with van der Waals surface area (Å²) in [5.74, 6) is -1.12.